The van der Waals surface area contributed by atoms with E-state index in [0.717, 1.165) is 30.8 Å². The van der Waals surface area contributed by atoms with Crippen LogP contribution in [0.2, 0.25) is 5.02 Å². The number of benzene rings is 1. The first-order valence-corrected chi connectivity index (χ1v) is 8.29. The molecule has 2 aliphatic heterocycles. The summed E-state index contributed by atoms with van der Waals surface area (Å²) in [5, 5.41) is 3.64. The van der Waals surface area contributed by atoms with Gasteiger partial charge in [0.1, 0.15) is 11.9 Å². The minimum Gasteiger partial charge on any atom is -0.489 e. The summed E-state index contributed by atoms with van der Waals surface area (Å²) in [7, 11) is 0. The van der Waals surface area contributed by atoms with E-state index in [0.29, 0.717) is 31.3 Å². The molecule has 1 saturated heterocycles. The SMILES string of the molecule is O=C(NCC1=CCCOC1)N1CCC(Oc2ccc(Cl)cc2)C1. The number of hydrogen-bond donors (Lipinski definition) is 1. The third-order valence-electron chi connectivity index (χ3n) is 4.00. The molecular weight excluding hydrogens is 316 g/mol. The summed E-state index contributed by atoms with van der Waals surface area (Å²) in [5.41, 5.74) is 1.14. The number of ether oxygens (including phenoxy) is 2. The van der Waals surface area contributed by atoms with Crippen LogP contribution in [0.5, 0.6) is 5.75 Å². The standard InChI is InChI=1S/C17H21ClN2O3/c18-14-3-5-15(6-4-14)23-16-7-8-20(11-16)17(21)19-10-13-2-1-9-22-12-13/h2-6,16H,1,7-12H2,(H,19,21). The zero-order valence-electron chi connectivity index (χ0n) is 13.0. The summed E-state index contributed by atoms with van der Waals surface area (Å²) >= 11 is 5.86. The highest BCUT2D eigenvalue weighted by molar-refractivity contribution is 6.30. The lowest BCUT2D eigenvalue weighted by Crippen LogP contribution is -2.40. The van der Waals surface area contributed by atoms with Gasteiger partial charge < -0.3 is 19.7 Å². The number of urea groups is 1. The average Bonchev–Trinajstić information content (AvgIpc) is 3.04. The minimum atomic E-state index is -0.0429. The van der Waals surface area contributed by atoms with Crippen molar-refractivity contribution in [3.8, 4) is 5.75 Å². The second kappa shape index (κ2) is 7.70. The molecule has 124 valence electrons. The molecule has 1 N–H and O–H groups in total. The van der Waals surface area contributed by atoms with E-state index in [1.165, 1.54) is 0 Å². The van der Waals surface area contributed by atoms with Crippen LogP contribution in [-0.2, 0) is 4.74 Å². The van der Waals surface area contributed by atoms with Gasteiger partial charge in [-0.05, 0) is 36.3 Å². The van der Waals surface area contributed by atoms with Crippen LogP contribution in [0.1, 0.15) is 12.8 Å². The van der Waals surface area contributed by atoms with Gasteiger partial charge in [0, 0.05) is 24.5 Å². The molecule has 1 aromatic rings. The molecule has 6 heteroatoms. The Hall–Kier alpha value is -1.72. The number of likely N-dealkylation sites (tertiary alicyclic amines) is 1. The fraction of sp³-hybridized carbons (Fsp3) is 0.471. The topological polar surface area (TPSA) is 50.8 Å². The molecule has 5 nitrogen and oxygen atoms in total. The van der Waals surface area contributed by atoms with Crippen molar-refractivity contribution in [3.05, 3.63) is 40.9 Å². The van der Waals surface area contributed by atoms with Gasteiger partial charge >= 0.3 is 6.03 Å². The molecule has 2 aliphatic rings. The Labute approximate surface area is 141 Å². The monoisotopic (exact) mass is 336 g/mol. The zero-order valence-corrected chi connectivity index (χ0v) is 13.7. The number of amides is 2. The fourth-order valence-electron chi connectivity index (χ4n) is 2.75. The number of carbonyl (C=O) groups is 1. The maximum atomic E-state index is 12.2. The van der Waals surface area contributed by atoms with Crippen LogP contribution in [0.15, 0.2) is 35.9 Å². The largest absolute Gasteiger partial charge is 0.489 e. The van der Waals surface area contributed by atoms with Gasteiger partial charge in [0.05, 0.1) is 19.8 Å². The van der Waals surface area contributed by atoms with Gasteiger partial charge in [-0.2, -0.15) is 0 Å². The predicted molar refractivity (Wildman–Crippen MR) is 89.0 cm³/mol. The van der Waals surface area contributed by atoms with E-state index in [4.69, 9.17) is 21.1 Å². The van der Waals surface area contributed by atoms with Crippen molar-refractivity contribution in [2.45, 2.75) is 18.9 Å². The lowest BCUT2D eigenvalue weighted by atomic mass is 10.2. The zero-order chi connectivity index (χ0) is 16.1. The van der Waals surface area contributed by atoms with E-state index < -0.39 is 0 Å². The summed E-state index contributed by atoms with van der Waals surface area (Å²) in [6.45, 7) is 3.25. The van der Waals surface area contributed by atoms with E-state index in [-0.39, 0.29) is 12.1 Å². The molecule has 0 aliphatic carbocycles. The highest BCUT2D eigenvalue weighted by Gasteiger charge is 2.27. The van der Waals surface area contributed by atoms with Crippen LogP contribution < -0.4 is 10.1 Å². The first-order chi connectivity index (χ1) is 11.2. The van der Waals surface area contributed by atoms with E-state index in [2.05, 4.69) is 11.4 Å². The Balaban J connectivity index is 1.44. The number of halogens is 1. The van der Waals surface area contributed by atoms with Crippen molar-refractivity contribution in [1.82, 2.24) is 10.2 Å². The van der Waals surface area contributed by atoms with Crippen LogP contribution in [0.4, 0.5) is 4.79 Å². The molecule has 0 bridgehead atoms. The number of nitrogens with one attached hydrogen (secondary N) is 1. The third-order valence-corrected chi connectivity index (χ3v) is 4.25. The molecule has 0 spiro atoms. The van der Waals surface area contributed by atoms with Crippen molar-refractivity contribution in [3.63, 3.8) is 0 Å². The number of hydrogen-bond acceptors (Lipinski definition) is 3. The molecule has 1 fully saturated rings. The van der Waals surface area contributed by atoms with Gasteiger partial charge in [0.25, 0.3) is 0 Å². The van der Waals surface area contributed by atoms with Crippen LogP contribution in [-0.4, -0.2) is 49.9 Å². The number of nitrogens with zero attached hydrogens (tertiary/aromatic N) is 1. The molecule has 0 aromatic heterocycles. The van der Waals surface area contributed by atoms with Gasteiger partial charge in [-0.1, -0.05) is 17.7 Å². The summed E-state index contributed by atoms with van der Waals surface area (Å²) < 4.78 is 11.3. The van der Waals surface area contributed by atoms with Crippen molar-refractivity contribution in [2.24, 2.45) is 0 Å². The van der Waals surface area contributed by atoms with E-state index >= 15 is 0 Å². The van der Waals surface area contributed by atoms with Crippen LogP contribution in [0.25, 0.3) is 0 Å². The second-order valence-corrected chi connectivity index (χ2v) is 6.23. The van der Waals surface area contributed by atoms with Crippen LogP contribution in [0, 0.1) is 0 Å². The van der Waals surface area contributed by atoms with Gasteiger partial charge in [-0.15, -0.1) is 0 Å². The lowest BCUT2D eigenvalue weighted by molar-refractivity contribution is 0.148. The Bertz CT molecular complexity index is 574. The smallest absolute Gasteiger partial charge is 0.317 e. The van der Waals surface area contributed by atoms with Crippen molar-refractivity contribution >= 4 is 17.6 Å². The summed E-state index contributed by atoms with van der Waals surface area (Å²) in [6, 6.07) is 7.26. The molecule has 0 radical (unpaired) electrons. The lowest BCUT2D eigenvalue weighted by Gasteiger charge is -2.19. The van der Waals surface area contributed by atoms with Gasteiger partial charge in [0.2, 0.25) is 0 Å². The second-order valence-electron chi connectivity index (χ2n) is 5.79. The van der Waals surface area contributed by atoms with Crippen LogP contribution in [0.3, 0.4) is 0 Å². The fourth-order valence-corrected chi connectivity index (χ4v) is 2.87. The molecule has 1 aromatic carbocycles. The average molecular weight is 337 g/mol. The van der Waals surface area contributed by atoms with E-state index in [1.807, 2.05) is 12.1 Å². The maximum Gasteiger partial charge on any atom is 0.317 e. The van der Waals surface area contributed by atoms with Gasteiger partial charge in [0.15, 0.2) is 0 Å². The minimum absolute atomic E-state index is 0.0270. The molecule has 23 heavy (non-hydrogen) atoms. The summed E-state index contributed by atoms with van der Waals surface area (Å²) in [4.78, 5) is 14.0. The first kappa shape index (κ1) is 16.1. The molecule has 1 atom stereocenters. The molecule has 0 saturated carbocycles. The van der Waals surface area contributed by atoms with Crippen molar-refractivity contribution in [2.75, 3.05) is 32.8 Å². The predicted octanol–water partition coefficient (Wildman–Crippen LogP) is 2.85. The third kappa shape index (κ3) is 4.62. The van der Waals surface area contributed by atoms with E-state index in [9.17, 15) is 4.79 Å². The molecular formula is C17H21ClN2O3. The normalized spacial score (nSPS) is 21.0. The van der Waals surface area contributed by atoms with E-state index in [1.54, 1.807) is 17.0 Å². The number of carbonyl (C=O) groups excluding carboxylic acids is 1. The Morgan fingerprint density at radius 1 is 1.39 bits per heavy atom. The first-order valence-electron chi connectivity index (χ1n) is 7.91. The number of rotatable bonds is 4. The van der Waals surface area contributed by atoms with Crippen molar-refractivity contribution in [1.29, 1.82) is 0 Å². The van der Waals surface area contributed by atoms with Gasteiger partial charge in [-0.25, -0.2) is 4.79 Å². The maximum absolute atomic E-state index is 12.2. The Kier molecular flexibility index (Phi) is 5.41. The molecule has 2 amide bonds. The summed E-state index contributed by atoms with van der Waals surface area (Å²) in [6.07, 6.45) is 3.92. The van der Waals surface area contributed by atoms with Gasteiger partial charge in [-0.3, -0.25) is 0 Å². The van der Waals surface area contributed by atoms with Crippen molar-refractivity contribution < 1.29 is 14.3 Å². The Morgan fingerprint density at radius 3 is 2.96 bits per heavy atom. The Morgan fingerprint density at radius 2 is 2.22 bits per heavy atom. The molecule has 1 unspecified atom stereocenters. The molecule has 2 heterocycles. The highest BCUT2D eigenvalue weighted by atomic mass is 35.5. The summed E-state index contributed by atoms with van der Waals surface area (Å²) in [5.74, 6) is 0.783. The molecule has 3 rings (SSSR count). The van der Waals surface area contributed by atoms with Crippen LogP contribution >= 0.6 is 11.6 Å². The highest BCUT2D eigenvalue weighted by Crippen LogP contribution is 2.20. The quantitative estimate of drug-likeness (QED) is 0.860.